The summed E-state index contributed by atoms with van der Waals surface area (Å²) >= 11 is 0. The fraction of sp³-hybridized carbons (Fsp3) is 0.297. The van der Waals surface area contributed by atoms with Crippen LogP contribution < -0.4 is 0 Å². The molecular weight excluding hydrogens is 1830 g/mol. The second-order valence-electron chi connectivity index (χ2n) is 23.9. The molecule has 0 atom stereocenters. The summed E-state index contributed by atoms with van der Waals surface area (Å²) in [5.74, 6) is 0. The number of halogens is 36. The summed E-state index contributed by atoms with van der Waals surface area (Å²) in [5, 5.41) is 4.76. The monoisotopic (exact) mass is 1890 g/mol. The number of allylic oxidation sites excluding steroid dienone is 4. The molecule has 0 aliphatic carbocycles. The Morgan fingerprint density at radius 1 is 0.250 bits per heavy atom. The average molecular weight is 1890 g/mol. The molecule has 8 rings (SSSR count). The van der Waals surface area contributed by atoms with E-state index in [2.05, 4.69) is 89.9 Å². The van der Waals surface area contributed by atoms with Crippen molar-refractivity contribution in [2.24, 2.45) is 9.98 Å². The van der Waals surface area contributed by atoms with Gasteiger partial charge >= 0.3 is 113 Å². The maximum Gasteiger partial charge on any atom is 2.00 e. The summed E-state index contributed by atoms with van der Waals surface area (Å²) in [7, 11) is 0. The number of aliphatic imine (C=N–C) groups is 2. The number of alkyl halides is 36. The van der Waals surface area contributed by atoms with Gasteiger partial charge in [0.05, 0.1) is 55.9 Å². The third-order valence-corrected chi connectivity index (χ3v) is 16.0. The van der Waals surface area contributed by atoms with Gasteiger partial charge in [0.1, 0.15) is 11.4 Å². The third kappa shape index (κ3) is 32.6. The Bertz CT molecular complexity index is 4000. The molecule has 8 aromatic rings. The predicted molar refractivity (Wildman–Crippen MR) is 351 cm³/mol. The van der Waals surface area contributed by atoms with Gasteiger partial charge in [-0.1, -0.05) is 178 Å². The predicted octanol–water partition coefficient (Wildman–Crippen LogP) is 30.4. The SMILES string of the molecule is Cc1c(C)c(C)[c-](C)c1C.Cc1c(C)c(C)[c-](C)c1C.FC(F)(F)C(/C=C(\[N-]c1cc(C(F)(F)F)cc(C(F)(F)F)c1)C(F)(F)F)=Nc1cc(C(F)(F)F)cc(C(F)(F)F)c1.FC(F)(F)C(/C=C(\[N-]c1cc(C(F)(F)F)cc(C(F)(F)F)c1)C(F)(F)F)=Nc1cc(C(F)(F)F)cc(C(F)(F)F)c1.[Ru+2].[Ru+2].c1ccccc1.c1ccccc1. The van der Waals surface area contributed by atoms with Crippen molar-refractivity contribution in [2.75, 3.05) is 0 Å². The van der Waals surface area contributed by atoms with Gasteiger partial charge in [-0.2, -0.15) is 214 Å². The van der Waals surface area contributed by atoms with Crippen molar-refractivity contribution >= 4 is 34.2 Å². The van der Waals surface area contributed by atoms with Crippen LogP contribution in [0.15, 0.2) is 179 Å². The normalized spacial score (nSPS) is 13.2. The van der Waals surface area contributed by atoms with Gasteiger partial charge in [0.25, 0.3) is 0 Å². The molecule has 0 aliphatic heterocycles. The first kappa shape index (κ1) is 105. The zero-order valence-corrected chi connectivity index (χ0v) is 63.6. The largest absolute Gasteiger partial charge is 2.00 e. The van der Waals surface area contributed by atoms with E-state index >= 15 is 0 Å². The zero-order chi connectivity index (χ0) is 88.2. The van der Waals surface area contributed by atoms with E-state index in [1.54, 1.807) is 0 Å². The molecule has 0 radical (unpaired) electrons. The van der Waals surface area contributed by atoms with Gasteiger partial charge in [0.15, 0.2) is 0 Å². The van der Waals surface area contributed by atoms with Crippen molar-refractivity contribution in [3.63, 3.8) is 0 Å². The smallest absolute Gasteiger partial charge is 0.654 e. The van der Waals surface area contributed by atoms with Crippen molar-refractivity contribution in [3.05, 3.63) is 280 Å². The van der Waals surface area contributed by atoms with E-state index in [-0.39, 0.29) is 87.5 Å². The van der Waals surface area contributed by atoms with Crippen LogP contribution in [0.2, 0.25) is 0 Å². The Hall–Kier alpha value is -8.83. The van der Waals surface area contributed by atoms with E-state index in [0.29, 0.717) is 0 Å². The molecule has 0 unspecified atom stereocenters. The summed E-state index contributed by atoms with van der Waals surface area (Å²) in [6.45, 7) is 22.0. The summed E-state index contributed by atoms with van der Waals surface area (Å²) in [4.78, 5) is 4.76. The van der Waals surface area contributed by atoms with Crippen LogP contribution in [0, 0.1) is 69.2 Å². The second kappa shape index (κ2) is 40.1. The summed E-state index contributed by atoms with van der Waals surface area (Å²) in [6.07, 6.45) is -71.4. The molecule has 0 N–H and O–H groups in total. The van der Waals surface area contributed by atoms with Crippen LogP contribution in [0.4, 0.5) is 181 Å². The molecule has 0 spiro atoms. The van der Waals surface area contributed by atoms with E-state index in [0.717, 1.165) is 0 Å². The quantitative estimate of drug-likeness (QED) is 0.0630. The van der Waals surface area contributed by atoms with E-state index in [9.17, 15) is 158 Å². The molecule has 4 nitrogen and oxygen atoms in total. The van der Waals surface area contributed by atoms with E-state index in [1.165, 1.54) is 55.6 Å². The Labute approximate surface area is 661 Å². The molecule has 0 fully saturated rings. The maximum absolute atomic E-state index is 13.5. The van der Waals surface area contributed by atoms with Crippen LogP contribution in [-0.2, 0) is 88.4 Å². The van der Waals surface area contributed by atoms with Crippen molar-refractivity contribution in [1.29, 1.82) is 0 Å². The average Bonchev–Trinajstić information content (AvgIpc) is 1.37. The van der Waals surface area contributed by atoms with Crippen molar-refractivity contribution in [2.45, 2.75) is 143 Å². The molecule has 0 amide bonds. The van der Waals surface area contributed by atoms with Crippen LogP contribution in [0.3, 0.4) is 0 Å². The number of hydrogen-bond donors (Lipinski definition) is 0. The first-order chi connectivity index (χ1) is 51.3. The summed E-state index contributed by atoms with van der Waals surface area (Å²) in [6, 6.07) is 18.8. The van der Waals surface area contributed by atoms with Crippen molar-refractivity contribution in [1.82, 2.24) is 0 Å². The first-order valence-corrected chi connectivity index (χ1v) is 31.2. The topological polar surface area (TPSA) is 52.9 Å². The fourth-order valence-electron chi connectivity index (χ4n) is 9.12. The van der Waals surface area contributed by atoms with Gasteiger partial charge in [-0.3, -0.25) is 0 Å². The standard InChI is InChI=1S/2C21H7F18N2.2C10H15.2C6H6.2Ru/c2*22-16(23,24)8-1-9(17(25,26)27)4-12(3-8)40-14(20(34,35)36)7-15(21(37,38)39)41-13-5-10(18(28,29)30)2-11(6-13)19(31,32)33;2*1-6-7(2)9(4)10(5)8(6)3;2*1-2-4-6-5-3-1;;/h2*1-7H;2*1-5H3;2*1-6H;;/q4*-1;;;2*+2/b2*14-7-,41-15?;;;;;;. The van der Waals surface area contributed by atoms with Gasteiger partial charge in [-0.05, 0) is 60.7 Å². The molecule has 8 aromatic carbocycles. The molecule has 0 saturated heterocycles. The minimum atomic E-state index is -6.08. The van der Waals surface area contributed by atoms with Crippen LogP contribution in [0.1, 0.15) is 100 Å². The minimum Gasteiger partial charge on any atom is -0.654 e. The van der Waals surface area contributed by atoms with Crippen LogP contribution in [-0.4, -0.2) is 36.1 Å². The first-order valence-electron chi connectivity index (χ1n) is 31.2. The molecule has 0 aromatic heterocycles. The van der Waals surface area contributed by atoms with E-state index in [4.69, 9.17) is 0 Å². The molecule has 42 heteroatoms. The third-order valence-electron chi connectivity index (χ3n) is 16.0. The minimum absolute atomic E-state index is 0. The molecule has 0 aliphatic rings. The molecule has 640 valence electrons. The molecule has 0 heterocycles. The van der Waals surface area contributed by atoms with Crippen LogP contribution in [0.25, 0.3) is 10.6 Å². The molecule has 116 heavy (non-hydrogen) atoms. The Morgan fingerprint density at radius 2 is 0.405 bits per heavy atom. The van der Waals surface area contributed by atoms with Gasteiger partial charge in [-0.15, -0.1) is 11.4 Å². The summed E-state index contributed by atoms with van der Waals surface area (Å²) in [5.41, 5.74) is -21.7. The van der Waals surface area contributed by atoms with Gasteiger partial charge in [0, 0.05) is 0 Å². The van der Waals surface area contributed by atoms with Crippen molar-refractivity contribution < 1.29 is 197 Å². The number of nitrogens with zero attached hydrogens (tertiary/aromatic N) is 4. The maximum atomic E-state index is 13.5. The van der Waals surface area contributed by atoms with Crippen molar-refractivity contribution in [3.8, 4) is 0 Å². The number of benzene rings is 6. The fourth-order valence-corrected chi connectivity index (χ4v) is 9.12. The molecule has 0 saturated carbocycles. The Kier molecular flexibility index (Phi) is 36.3. The Balaban J connectivity index is 0.000000822. The Morgan fingerprint density at radius 3 is 0.526 bits per heavy atom. The van der Waals surface area contributed by atoms with E-state index in [1.807, 2.05) is 72.8 Å². The number of hydrogen-bond acceptors (Lipinski definition) is 2. The zero-order valence-electron chi connectivity index (χ0n) is 60.1. The van der Waals surface area contributed by atoms with Crippen LogP contribution in [0.5, 0.6) is 0 Å². The van der Waals surface area contributed by atoms with Gasteiger partial charge < -0.3 is 10.6 Å². The summed E-state index contributed by atoms with van der Waals surface area (Å²) < 4.78 is 473. The second-order valence-corrected chi connectivity index (χ2v) is 23.9. The number of rotatable bonds is 8. The molecule has 0 bridgehead atoms. The van der Waals surface area contributed by atoms with Gasteiger partial charge in [-0.25, -0.2) is 9.98 Å². The van der Waals surface area contributed by atoms with Crippen LogP contribution >= 0.6 is 0 Å². The van der Waals surface area contributed by atoms with E-state index < -0.39 is 201 Å². The van der Waals surface area contributed by atoms with Gasteiger partial charge in [0.2, 0.25) is 0 Å². The molecular formula is C74H56F36N4Ru2.